The fraction of sp³-hybridized carbons (Fsp3) is 0.933. The molecule has 1 saturated carbocycles. The number of amides is 2. The van der Waals surface area contributed by atoms with Crippen LogP contribution in [0.3, 0.4) is 0 Å². The van der Waals surface area contributed by atoms with Crippen molar-refractivity contribution in [2.45, 2.75) is 57.5 Å². The van der Waals surface area contributed by atoms with E-state index in [4.69, 9.17) is 0 Å². The minimum atomic E-state index is -0.00703. The zero-order valence-electron chi connectivity index (χ0n) is 12.2. The van der Waals surface area contributed by atoms with Crippen molar-refractivity contribution in [1.29, 1.82) is 0 Å². The average molecular weight is 265 g/mol. The molecule has 3 aliphatic rings. The highest BCUT2D eigenvalue weighted by Crippen LogP contribution is 2.40. The Hall–Kier alpha value is -0.770. The Morgan fingerprint density at radius 1 is 1.21 bits per heavy atom. The second-order valence-corrected chi connectivity index (χ2v) is 7.07. The van der Waals surface area contributed by atoms with Crippen molar-refractivity contribution < 1.29 is 4.79 Å². The number of hydrogen-bond acceptors (Lipinski definition) is 2. The first-order valence-corrected chi connectivity index (χ1v) is 7.88. The van der Waals surface area contributed by atoms with Crippen LogP contribution in [0.5, 0.6) is 0 Å². The highest BCUT2D eigenvalue weighted by molar-refractivity contribution is 5.76. The van der Waals surface area contributed by atoms with Gasteiger partial charge in [0.25, 0.3) is 0 Å². The van der Waals surface area contributed by atoms with Gasteiger partial charge in [-0.1, -0.05) is 19.3 Å². The summed E-state index contributed by atoms with van der Waals surface area (Å²) in [7, 11) is 0. The maximum absolute atomic E-state index is 12.6. The van der Waals surface area contributed by atoms with E-state index in [1.807, 2.05) is 0 Å². The average Bonchev–Trinajstić information content (AvgIpc) is 2.93. The SMILES string of the molecule is CC1(C)C2CNCC2CN1C(=O)NC1CCCCC1. The normalized spacial score (nSPS) is 34.3. The molecule has 0 aromatic heterocycles. The summed E-state index contributed by atoms with van der Waals surface area (Å²) >= 11 is 0. The molecule has 0 radical (unpaired) electrons. The fourth-order valence-corrected chi connectivity index (χ4v) is 4.27. The number of carbonyl (C=O) groups excluding carboxylic acids is 1. The van der Waals surface area contributed by atoms with Gasteiger partial charge < -0.3 is 15.5 Å². The largest absolute Gasteiger partial charge is 0.335 e. The standard InChI is InChI=1S/C15H27N3O/c1-15(2)13-9-16-8-11(13)10-18(15)14(19)17-12-6-4-3-5-7-12/h11-13,16H,3-10H2,1-2H3,(H,17,19). The fourth-order valence-electron chi connectivity index (χ4n) is 4.27. The van der Waals surface area contributed by atoms with E-state index in [0.29, 0.717) is 17.9 Å². The lowest BCUT2D eigenvalue weighted by Gasteiger charge is -2.37. The van der Waals surface area contributed by atoms with E-state index in [1.165, 1.54) is 19.3 Å². The quantitative estimate of drug-likeness (QED) is 0.761. The molecule has 0 spiro atoms. The lowest BCUT2D eigenvalue weighted by molar-refractivity contribution is 0.141. The van der Waals surface area contributed by atoms with E-state index >= 15 is 0 Å². The zero-order chi connectivity index (χ0) is 13.5. The molecule has 19 heavy (non-hydrogen) atoms. The number of hydrogen-bond donors (Lipinski definition) is 2. The van der Waals surface area contributed by atoms with Gasteiger partial charge in [-0.15, -0.1) is 0 Å². The van der Waals surface area contributed by atoms with E-state index < -0.39 is 0 Å². The summed E-state index contributed by atoms with van der Waals surface area (Å²) < 4.78 is 0. The highest BCUT2D eigenvalue weighted by atomic mass is 16.2. The molecule has 2 saturated heterocycles. The van der Waals surface area contributed by atoms with Crippen molar-refractivity contribution in [3.05, 3.63) is 0 Å². The maximum atomic E-state index is 12.6. The van der Waals surface area contributed by atoms with Gasteiger partial charge in [0.05, 0.1) is 0 Å². The molecule has 0 bridgehead atoms. The molecule has 0 aromatic carbocycles. The third-order valence-electron chi connectivity index (χ3n) is 5.54. The van der Waals surface area contributed by atoms with Gasteiger partial charge in [0, 0.05) is 31.2 Å². The summed E-state index contributed by atoms with van der Waals surface area (Å²) in [5.74, 6) is 1.26. The van der Waals surface area contributed by atoms with E-state index in [2.05, 4.69) is 29.4 Å². The van der Waals surface area contributed by atoms with Gasteiger partial charge in [-0.25, -0.2) is 4.79 Å². The van der Waals surface area contributed by atoms with Crippen molar-refractivity contribution in [3.8, 4) is 0 Å². The molecule has 2 atom stereocenters. The van der Waals surface area contributed by atoms with Crippen LogP contribution in [0.15, 0.2) is 0 Å². The van der Waals surface area contributed by atoms with Crippen LogP contribution < -0.4 is 10.6 Å². The first kappa shape index (κ1) is 13.2. The Labute approximate surface area is 116 Å². The first-order chi connectivity index (χ1) is 9.09. The van der Waals surface area contributed by atoms with Crippen molar-refractivity contribution in [3.63, 3.8) is 0 Å². The van der Waals surface area contributed by atoms with Crippen LogP contribution in [0.4, 0.5) is 4.79 Å². The van der Waals surface area contributed by atoms with Crippen LogP contribution >= 0.6 is 0 Å². The molecule has 3 rings (SSSR count). The molecule has 2 N–H and O–H groups in total. The monoisotopic (exact) mass is 265 g/mol. The van der Waals surface area contributed by atoms with Gasteiger partial charge in [0.2, 0.25) is 0 Å². The number of nitrogens with zero attached hydrogens (tertiary/aromatic N) is 1. The third kappa shape index (κ3) is 2.35. The van der Waals surface area contributed by atoms with Crippen molar-refractivity contribution in [2.75, 3.05) is 19.6 Å². The molecule has 4 heteroatoms. The van der Waals surface area contributed by atoms with Crippen LogP contribution in [0.25, 0.3) is 0 Å². The second kappa shape index (κ2) is 4.97. The maximum Gasteiger partial charge on any atom is 0.318 e. The van der Waals surface area contributed by atoms with Crippen LogP contribution in [0.1, 0.15) is 46.0 Å². The number of carbonyl (C=O) groups is 1. The third-order valence-corrected chi connectivity index (χ3v) is 5.54. The molecule has 108 valence electrons. The second-order valence-electron chi connectivity index (χ2n) is 7.07. The summed E-state index contributed by atoms with van der Waals surface area (Å²) in [6.45, 7) is 7.51. The van der Waals surface area contributed by atoms with E-state index in [0.717, 1.165) is 32.5 Å². The summed E-state index contributed by atoms with van der Waals surface area (Å²) in [5, 5.41) is 6.73. The topological polar surface area (TPSA) is 44.4 Å². The molecule has 2 aliphatic heterocycles. The van der Waals surface area contributed by atoms with Crippen molar-refractivity contribution in [1.82, 2.24) is 15.5 Å². The first-order valence-electron chi connectivity index (χ1n) is 7.88. The van der Waals surface area contributed by atoms with Crippen molar-refractivity contribution in [2.24, 2.45) is 11.8 Å². The Morgan fingerprint density at radius 3 is 2.63 bits per heavy atom. The van der Waals surface area contributed by atoms with Gasteiger partial charge in [-0.2, -0.15) is 0 Å². The van der Waals surface area contributed by atoms with Gasteiger partial charge in [0.15, 0.2) is 0 Å². The zero-order valence-corrected chi connectivity index (χ0v) is 12.2. The number of likely N-dealkylation sites (tertiary alicyclic amines) is 1. The molecule has 2 heterocycles. The minimum absolute atomic E-state index is 0.00703. The molecule has 2 amide bonds. The number of nitrogens with one attached hydrogen (secondary N) is 2. The highest BCUT2D eigenvalue weighted by Gasteiger charge is 2.51. The van der Waals surface area contributed by atoms with E-state index in [1.54, 1.807) is 0 Å². The lowest BCUT2D eigenvalue weighted by Crippen LogP contribution is -2.53. The van der Waals surface area contributed by atoms with Gasteiger partial charge in [-0.05, 0) is 38.5 Å². The number of fused-ring (bicyclic) bond motifs is 1. The predicted molar refractivity (Wildman–Crippen MR) is 76.0 cm³/mol. The summed E-state index contributed by atoms with van der Waals surface area (Å²) in [5.41, 5.74) is -0.00703. The smallest absolute Gasteiger partial charge is 0.318 e. The Kier molecular flexibility index (Phi) is 3.46. The predicted octanol–water partition coefficient (Wildman–Crippen LogP) is 1.96. The van der Waals surface area contributed by atoms with E-state index in [-0.39, 0.29) is 11.6 Å². The van der Waals surface area contributed by atoms with Crippen LogP contribution in [0, 0.1) is 11.8 Å². The molecular formula is C15H27N3O. The van der Waals surface area contributed by atoms with Crippen molar-refractivity contribution >= 4 is 6.03 Å². The van der Waals surface area contributed by atoms with E-state index in [9.17, 15) is 4.79 Å². The number of urea groups is 1. The summed E-state index contributed by atoms with van der Waals surface area (Å²) in [6, 6.07) is 0.585. The Morgan fingerprint density at radius 2 is 1.95 bits per heavy atom. The summed E-state index contributed by atoms with van der Waals surface area (Å²) in [6.07, 6.45) is 6.19. The Balaban J connectivity index is 1.63. The van der Waals surface area contributed by atoms with Gasteiger partial charge in [0.1, 0.15) is 0 Å². The molecule has 1 aliphatic carbocycles. The van der Waals surface area contributed by atoms with Gasteiger partial charge >= 0.3 is 6.03 Å². The minimum Gasteiger partial charge on any atom is -0.335 e. The molecule has 0 aromatic rings. The molecule has 3 fully saturated rings. The summed E-state index contributed by atoms with van der Waals surface area (Å²) in [4.78, 5) is 14.6. The van der Waals surface area contributed by atoms with Gasteiger partial charge in [-0.3, -0.25) is 0 Å². The lowest BCUT2D eigenvalue weighted by atomic mass is 9.85. The molecular weight excluding hydrogens is 238 g/mol. The number of rotatable bonds is 1. The van der Waals surface area contributed by atoms with Crippen LogP contribution in [0.2, 0.25) is 0 Å². The van der Waals surface area contributed by atoms with Crippen LogP contribution in [-0.4, -0.2) is 42.1 Å². The molecule has 2 unspecified atom stereocenters. The van der Waals surface area contributed by atoms with Crippen LogP contribution in [-0.2, 0) is 0 Å². The molecule has 4 nitrogen and oxygen atoms in total. The Bertz CT molecular complexity index is 349.